The van der Waals surface area contributed by atoms with Crippen LogP contribution in [0, 0.1) is 0 Å². The van der Waals surface area contributed by atoms with Crippen LogP contribution >= 0.6 is 0 Å². The summed E-state index contributed by atoms with van der Waals surface area (Å²) < 4.78 is 17.2. The van der Waals surface area contributed by atoms with Crippen LogP contribution < -0.4 is 10.1 Å². The average Bonchev–Trinajstić information content (AvgIpc) is 2.63. The molecule has 1 atom stereocenters. The number of fused-ring (bicyclic) bond motifs is 1. The Morgan fingerprint density at radius 3 is 2.91 bits per heavy atom. The van der Waals surface area contributed by atoms with E-state index in [2.05, 4.69) is 20.3 Å². The third-order valence-electron chi connectivity index (χ3n) is 4.18. The van der Waals surface area contributed by atoms with Crippen molar-refractivity contribution in [1.82, 2.24) is 20.3 Å². The van der Waals surface area contributed by atoms with Gasteiger partial charge in [-0.25, -0.2) is 0 Å². The number of hydrogen-bond acceptors (Lipinski definition) is 7. The predicted octanol–water partition coefficient (Wildman–Crippen LogP) is 1.24. The van der Waals surface area contributed by atoms with Gasteiger partial charge in [0.25, 0.3) is 0 Å². The van der Waals surface area contributed by atoms with E-state index in [4.69, 9.17) is 14.2 Å². The number of rotatable bonds is 3. The lowest BCUT2D eigenvalue weighted by atomic mass is 10.1. The Kier molecular flexibility index (Phi) is 4.32. The average molecular weight is 316 g/mol. The SMILES string of the molecule is c1cc2c(C3CNCCO3)nc(OC3CCOCC3)nc2cn1. The zero-order chi connectivity index (χ0) is 15.5. The molecule has 7 heteroatoms. The Bertz CT molecular complexity index is 669. The highest BCUT2D eigenvalue weighted by Gasteiger charge is 2.23. The first-order valence-electron chi connectivity index (χ1n) is 8.08. The molecule has 2 saturated heterocycles. The first kappa shape index (κ1) is 14.7. The van der Waals surface area contributed by atoms with Crippen molar-refractivity contribution in [2.75, 3.05) is 32.9 Å². The van der Waals surface area contributed by atoms with Gasteiger partial charge in [-0.3, -0.25) is 4.98 Å². The van der Waals surface area contributed by atoms with Crippen LogP contribution in [0.25, 0.3) is 10.9 Å². The lowest BCUT2D eigenvalue weighted by molar-refractivity contribution is 0.0174. The molecule has 2 aliphatic heterocycles. The molecule has 4 rings (SSSR count). The van der Waals surface area contributed by atoms with Crippen molar-refractivity contribution in [2.45, 2.75) is 25.0 Å². The molecular formula is C16H20N4O3. The van der Waals surface area contributed by atoms with Gasteiger partial charge in [0, 0.05) is 37.5 Å². The maximum Gasteiger partial charge on any atom is 0.317 e. The summed E-state index contributed by atoms with van der Waals surface area (Å²) in [5, 5.41) is 4.31. The highest BCUT2D eigenvalue weighted by atomic mass is 16.5. The molecule has 122 valence electrons. The van der Waals surface area contributed by atoms with Gasteiger partial charge in [-0.1, -0.05) is 0 Å². The molecule has 23 heavy (non-hydrogen) atoms. The molecule has 2 aromatic rings. The maximum atomic E-state index is 5.99. The molecule has 4 heterocycles. The first-order valence-corrected chi connectivity index (χ1v) is 8.08. The molecule has 0 bridgehead atoms. The summed E-state index contributed by atoms with van der Waals surface area (Å²) in [6.07, 6.45) is 5.25. The number of nitrogens with one attached hydrogen (secondary N) is 1. The van der Waals surface area contributed by atoms with E-state index in [0.717, 1.165) is 55.7 Å². The molecule has 0 saturated carbocycles. The zero-order valence-electron chi connectivity index (χ0n) is 12.9. The van der Waals surface area contributed by atoms with Gasteiger partial charge in [0.05, 0.1) is 37.2 Å². The highest BCUT2D eigenvalue weighted by Crippen LogP contribution is 2.27. The van der Waals surface area contributed by atoms with E-state index in [0.29, 0.717) is 12.6 Å². The van der Waals surface area contributed by atoms with Crippen LogP contribution in [0.5, 0.6) is 6.01 Å². The predicted molar refractivity (Wildman–Crippen MR) is 83.4 cm³/mol. The van der Waals surface area contributed by atoms with Crippen molar-refractivity contribution in [3.63, 3.8) is 0 Å². The van der Waals surface area contributed by atoms with Gasteiger partial charge < -0.3 is 19.5 Å². The van der Waals surface area contributed by atoms with E-state index in [1.807, 2.05) is 6.07 Å². The van der Waals surface area contributed by atoms with Crippen molar-refractivity contribution in [3.8, 4) is 6.01 Å². The van der Waals surface area contributed by atoms with Crippen molar-refractivity contribution < 1.29 is 14.2 Å². The van der Waals surface area contributed by atoms with Gasteiger partial charge in [-0.2, -0.15) is 9.97 Å². The summed E-state index contributed by atoms with van der Waals surface area (Å²) in [6.45, 7) is 3.74. The Labute approximate surface area is 134 Å². The lowest BCUT2D eigenvalue weighted by Crippen LogP contribution is -2.34. The minimum absolute atomic E-state index is 0.0892. The van der Waals surface area contributed by atoms with Gasteiger partial charge >= 0.3 is 6.01 Å². The fraction of sp³-hybridized carbons (Fsp3) is 0.562. The standard InChI is InChI=1S/C16H20N4O3/c1-4-17-9-13-12(1)15(14-10-18-5-8-22-14)20-16(19-13)23-11-2-6-21-7-3-11/h1,4,9,11,14,18H,2-3,5-8,10H2. The van der Waals surface area contributed by atoms with Gasteiger partial charge in [0.2, 0.25) is 0 Å². The number of pyridine rings is 1. The van der Waals surface area contributed by atoms with E-state index < -0.39 is 0 Å². The van der Waals surface area contributed by atoms with Gasteiger partial charge in [0.1, 0.15) is 12.2 Å². The highest BCUT2D eigenvalue weighted by molar-refractivity contribution is 5.80. The summed E-state index contributed by atoms with van der Waals surface area (Å²) in [4.78, 5) is 13.3. The summed E-state index contributed by atoms with van der Waals surface area (Å²) in [5.74, 6) is 0. The van der Waals surface area contributed by atoms with Crippen LogP contribution in [0.2, 0.25) is 0 Å². The number of morpholine rings is 1. The third-order valence-corrected chi connectivity index (χ3v) is 4.18. The monoisotopic (exact) mass is 316 g/mol. The van der Waals surface area contributed by atoms with E-state index >= 15 is 0 Å². The van der Waals surface area contributed by atoms with Gasteiger partial charge in [0.15, 0.2) is 0 Å². The first-order chi connectivity index (χ1) is 11.4. The minimum Gasteiger partial charge on any atom is -0.460 e. The number of nitrogens with zero attached hydrogens (tertiary/aromatic N) is 3. The molecule has 0 spiro atoms. The van der Waals surface area contributed by atoms with Crippen LogP contribution in [-0.2, 0) is 9.47 Å². The van der Waals surface area contributed by atoms with Crippen LogP contribution in [0.1, 0.15) is 24.6 Å². The largest absolute Gasteiger partial charge is 0.460 e. The molecular weight excluding hydrogens is 296 g/mol. The molecule has 0 amide bonds. The molecule has 0 aliphatic carbocycles. The van der Waals surface area contributed by atoms with Crippen LogP contribution in [0.4, 0.5) is 0 Å². The van der Waals surface area contributed by atoms with Crippen LogP contribution in [0.15, 0.2) is 18.5 Å². The van der Waals surface area contributed by atoms with Crippen molar-refractivity contribution >= 4 is 10.9 Å². The molecule has 0 aromatic carbocycles. The number of hydrogen-bond donors (Lipinski definition) is 1. The molecule has 7 nitrogen and oxygen atoms in total. The zero-order valence-corrected chi connectivity index (χ0v) is 12.9. The Morgan fingerprint density at radius 2 is 2.09 bits per heavy atom. The fourth-order valence-electron chi connectivity index (χ4n) is 2.97. The fourth-order valence-corrected chi connectivity index (χ4v) is 2.97. The van der Waals surface area contributed by atoms with E-state index in [-0.39, 0.29) is 12.2 Å². The van der Waals surface area contributed by atoms with Crippen LogP contribution in [0.3, 0.4) is 0 Å². The second kappa shape index (κ2) is 6.74. The second-order valence-corrected chi connectivity index (χ2v) is 5.78. The van der Waals surface area contributed by atoms with Crippen molar-refractivity contribution in [1.29, 1.82) is 0 Å². The molecule has 2 aromatic heterocycles. The van der Waals surface area contributed by atoms with Crippen LogP contribution in [-0.4, -0.2) is 54.0 Å². The van der Waals surface area contributed by atoms with Crippen molar-refractivity contribution in [3.05, 3.63) is 24.2 Å². The smallest absolute Gasteiger partial charge is 0.317 e. The second-order valence-electron chi connectivity index (χ2n) is 5.78. The Balaban J connectivity index is 1.67. The molecule has 2 fully saturated rings. The number of ether oxygens (including phenoxy) is 3. The molecule has 1 N–H and O–H groups in total. The van der Waals surface area contributed by atoms with Crippen molar-refractivity contribution in [2.24, 2.45) is 0 Å². The minimum atomic E-state index is -0.0892. The Morgan fingerprint density at radius 1 is 1.17 bits per heavy atom. The van der Waals surface area contributed by atoms with E-state index in [1.165, 1.54) is 0 Å². The Hall–Kier alpha value is -1.83. The maximum absolute atomic E-state index is 5.99. The summed E-state index contributed by atoms with van der Waals surface area (Å²) in [7, 11) is 0. The summed E-state index contributed by atoms with van der Waals surface area (Å²) in [5.41, 5.74) is 1.65. The van der Waals surface area contributed by atoms with E-state index in [9.17, 15) is 0 Å². The number of aromatic nitrogens is 3. The quantitative estimate of drug-likeness (QED) is 0.913. The van der Waals surface area contributed by atoms with Gasteiger partial charge in [-0.15, -0.1) is 0 Å². The normalized spacial score (nSPS) is 23.0. The van der Waals surface area contributed by atoms with E-state index in [1.54, 1.807) is 12.4 Å². The van der Waals surface area contributed by atoms with Gasteiger partial charge in [-0.05, 0) is 6.07 Å². The topological polar surface area (TPSA) is 78.4 Å². The third kappa shape index (κ3) is 3.26. The molecule has 2 aliphatic rings. The summed E-state index contributed by atoms with van der Waals surface area (Å²) in [6, 6.07) is 2.34. The lowest BCUT2D eigenvalue weighted by Gasteiger charge is -2.25. The molecule has 1 unspecified atom stereocenters. The summed E-state index contributed by atoms with van der Waals surface area (Å²) >= 11 is 0. The molecule has 0 radical (unpaired) electrons.